The van der Waals surface area contributed by atoms with E-state index >= 15 is 0 Å². The highest BCUT2D eigenvalue weighted by Crippen LogP contribution is 2.53. The summed E-state index contributed by atoms with van der Waals surface area (Å²) in [4.78, 5) is 0. The van der Waals surface area contributed by atoms with Gasteiger partial charge in [0.15, 0.2) is 0 Å². The highest BCUT2D eigenvalue weighted by molar-refractivity contribution is 6.24. The minimum absolute atomic E-state index is 1.23. The number of fused-ring (bicyclic) bond motifs is 10. The summed E-state index contributed by atoms with van der Waals surface area (Å²) in [5.74, 6) is 0. The van der Waals surface area contributed by atoms with Crippen LogP contribution in [0.25, 0.3) is 93.2 Å². The van der Waals surface area contributed by atoms with E-state index in [1.165, 1.54) is 93.2 Å². The summed E-state index contributed by atoms with van der Waals surface area (Å²) in [6.07, 6.45) is 0. The summed E-state index contributed by atoms with van der Waals surface area (Å²) in [6, 6.07) is 55.9. The number of nitrogens with zero attached hydrogens (tertiary/aromatic N) is 1. The maximum Gasteiger partial charge on any atom is 0.0619 e. The molecule has 43 heavy (non-hydrogen) atoms. The second-order valence-corrected chi connectivity index (χ2v) is 11.7. The van der Waals surface area contributed by atoms with Gasteiger partial charge >= 0.3 is 0 Å². The third-order valence-corrected chi connectivity index (χ3v) is 9.47. The molecule has 0 amide bonds. The molecule has 1 heteroatoms. The average Bonchev–Trinajstić information content (AvgIpc) is 3.40. The Bertz CT molecular complexity index is 2550. The van der Waals surface area contributed by atoms with E-state index in [-0.39, 0.29) is 0 Å². The Hall–Kier alpha value is -5.66. The van der Waals surface area contributed by atoms with Crippen molar-refractivity contribution in [2.45, 2.75) is 0 Å². The summed E-state index contributed by atoms with van der Waals surface area (Å²) in [7, 11) is 0. The summed E-state index contributed by atoms with van der Waals surface area (Å²) in [6.45, 7) is 0. The molecule has 198 valence electrons. The fourth-order valence-electron chi connectivity index (χ4n) is 7.59. The lowest BCUT2D eigenvalue weighted by Crippen LogP contribution is -2.03. The minimum atomic E-state index is 1.23. The lowest BCUT2D eigenvalue weighted by atomic mass is 9.76. The average molecular weight is 544 g/mol. The summed E-state index contributed by atoms with van der Waals surface area (Å²) in [5.41, 5.74) is 11.6. The van der Waals surface area contributed by atoms with Crippen LogP contribution in [0.1, 0.15) is 0 Å². The number of para-hydroxylation sites is 2. The molecule has 0 atom stereocenters. The van der Waals surface area contributed by atoms with Crippen molar-refractivity contribution >= 4 is 54.1 Å². The number of hydrogen-bond donors (Lipinski definition) is 0. The van der Waals surface area contributed by atoms with E-state index in [1.54, 1.807) is 0 Å². The smallest absolute Gasteiger partial charge is 0.0619 e. The predicted octanol–water partition coefficient (Wildman–Crippen LogP) is 11.6. The van der Waals surface area contributed by atoms with Crippen LogP contribution in [0.15, 0.2) is 152 Å². The van der Waals surface area contributed by atoms with E-state index in [2.05, 4.69) is 156 Å². The highest BCUT2D eigenvalue weighted by Gasteiger charge is 2.27. The third kappa shape index (κ3) is 3.06. The molecule has 0 saturated heterocycles. The van der Waals surface area contributed by atoms with Crippen LogP contribution in [0.2, 0.25) is 0 Å². The Balaban J connectivity index is 1.42. The number of benzene rings is 8. The van der Waals surface area contributed by atoms with Gasteiger partial charge in [0.25, 0.3) is 0 Å². The van der Waals surface area contributed by atoms with Gasteiger partial charge in [-0.05, 0) is 91.3 Å². The van der Waals surface area contributed by atoms with Crippen molar-refractivity contribution in [1.29, 1.82) is 0 Å². The molecule has 0 radical (unpaired) electrons. The first-order valence-electron chi connectivity index (χ1n) is 15.0. The zero-order chi connectivity index (χ0) is 28.1. The van der Waals surface area contributed by atoms with Crippen molar-refractivity contribution in [3.63, 3.8) is 0 Å². The van der Waals surface area contributed by atoms with Crippen LogP contribution in [0.4, 0.5) is 0 Å². The lowest BCUT2D eigenvalue weighted by Gasteiger charge is -2.28. The van der Waals surface area contributed by atoms with Crippen molar-refractivity contribution in [2.75, 3.05) is 0 Å². The number of rotatable bonds is 2. The molecule has 10 rings (SSSR count). The Morgan fingerprint density at radius 3 is 1.42 bits per heavy atom. The van der Waals surface area contributed by atoms with E-state index < -0.39 is 0 Å². The van der Waals surface area contributed by atoms with Gasteiger partial charge in [0.1, 0.15) is 0 Å². The maximum atomic E-state index is 2.51. The Kier molecular flexibility index (Phi) is 4.51. The molecular formula is C42H25N. The fourth-order valence-corrected chi connectivity index (χ4v) is 7.59. The largest absolute Gasteiger partial charge is 0.308 e. The first-order valence-corrected chi connectivity index (χ1v) is 15.0. The van der Waals surface area contributed by atoms with Gasteiger partial charge in [-0.2, -0.15) is 0 Å². The van der Waals surface area contributed by atoms with Gasteiger partial charge in [0.05, 0.1) is 16.7 Å². The van der Waals surface area contributed by atoms with Gasteiger partial charge in [0, 0.05) is 21.5 Å². The van der Waals surface area contributed by atoms with Crippen LogP contribution >= 0.6 is 0 Å². The van der Waals surface area contributed by atoms with E-state index in [1.807, 2.05) is 0 Å². The van der Waals surface area contributed by atoms with Crippen molar-refractivity contribution in [3.05, 3.63) is 152 Å². The molecule has 1 aromatic heterocycles. The van der Waals surface area contributed by atoms with E-state index in [0.717, 1.165) is 0 Å². The van der Waals surface area contributed by atoms with Crippen LogP contribution in [0.3, 0.4) is 0 Å². The van der Waals surface area contributed by atoms with Crippen LogP contribution in [-0.2, 0) is 0 Å². The second kappa shape index (κ2) is 8.44. The van der Waals surface area contributed by atoms with Crippen LogP contribution < -0.4 is 0 Å². The molecule has 0 aliphatic heterocycles. The molecule has 8 aromatic carbocycles. The molecule has 9 aromatic rings. The molecule has 0 spiro atoms. The van der Waals surface area contributed by atoms with Gasteiger partial charge in [-0.25, -0.2) is 0 Å². The zero-order valence-electron chi connectivity index (χ0n) is 23.4. The summed E-state index contributed by atoms with van der Waals surface area (Å²) in [5, 5.41) is 10.2. The first-order chi connectivity index (χ1) is 21.3. The topological polar surface area (TPSA) is 4.93 Å². The molecule has 0 unspecified atom stereocenters. The van der Waals surface area contributed by atoms with Crippen LogP contribution in [0.5, 0.6) is 0 Å². The van der Waals surface area contributed by atoms with Gasteiger partial charge in [-0.1, -0.05) is 115 Å². The van der Waals surface area contributed by atoms with E-state index in [4.69, 9.17) is 0 Å². The predicted molar refractivity (Wildman–Crippen MR) is 183 cm³/mol. The molecule has 0 bridgehead atoms. The molecule has 1 aliphatic rings. The normalized spacial score (nSPS) is 12.2. The lowest BCUT2D eigenvalue weighted by molar-refractivity contribution is 1.21. The minimum Gasteiger partial charge on any atom is -0.308 e. The molecule has 0 saturated carbocycles. The second-order valence-electron chi connectivity index (χ2n) is 11.7. The van der Waals surface area contributed by atoms with Crippen molar-refractivity contribution in [2.24, 2.45) is 0 Å². The number of aromatic nitrogens is 1. The molecular weight excluding hydrogens is 518 g/mol. The Labute approximate surface area is 248 Å². The molecule has 1 aliphatic carbocycles. The first kappa shape index (κ1) is 23.0. The van der Waals surface area contributed by atoms with Crippen LogP contribution in [0, 0.1) is 0 Å². The van der Waals surface area contributed by atoms with Gasteiger partial charge in [-0.15, -0.1) is 0 Å². The molecule has 0 N–H and O–H groups in total. The standard InChI is InChI=1S/C42H25N/c1-2-12-26(13-3-1)41-31-18-6-7-19-32(31)42(43-39-20-10-8-16-29(39)30-17-9-11-21-40(30)43)38-25-36-34-23-28-15-5-4-14-27(28)22-33(34)35(36)24-37(38)41/h1-25H. The number of hydrogen-bond acceptors (Lipinski definition) is 0. The van der Waals surface area contributed by atoms with Crippen molar-refractivity contribution in [1.82, 2.24) is 4.57 Å². The summed E-state index contributed by atoms with van der Waals surface area (Å²) < 4.78 is 2.51. The van der Waals surface area contributed by atoms with Gasteiger partial charge in [-0.3, -0.25) is 0 Å². The van der Waals surface area contributed by atoms with Crippen LogP contribution in [-0.4, -0.2) is 4.57 Å². The van der Waals surface area contributed by atoms with Gasteiger partial charge < -0.3 is 4.57 Å². The van der Waals surface area contributed by atoms with Crippen molar-refractivity contribution < 1.29 is 0 Å². The Morgan fingerprint density at radius 2 is 0.791 bits per heavy atom. The third-order valence-electron chi connectivity index (χ3n) is 9.47. The Morgan fingerprint density at radius 1 is 0.326 bits per heavy atom. The van der Waals surface area contributed by atoms with E-state index in [9.17, 15) is 0 Å². The highest BCUT2D eigenvalue weighted by atomic mass is 15.0. The quantitative estimate of drug-likeness (QED) is 0.191. The van der Waals surface area contributed by atoms with Gasteiger partial charge in [0.2, 0.25) is 0 Å². The molecule has 1 heterocycles. The monoisotopic (exact) mass is 543 g/mol. The molecule has 1 nitrogen and oxygen atoms in total. The fraction of sp³-hybridized carbons (Fsp3) is 0. The SMILES string of the molecule is c1ccc(-c2c3ccccc3c(-n3c4ccccc4c4ccccc43)c3cc4c(cc23)-c2cc3ccccc3cc2-4)cc1. The maximum absolute atomic E-state index is 2.51. The zero-order valence-corrected chi connectivity index (χ0v) is 23.4. The van der Waals surface area contributed by atoms with E-state index in [0.29, 0.717) is 0 Å². The summed E-state index contributed by atoms with van der Waals surface area (Å²) >= 11 is 0. The molecule has 0 fully saturated rings. The van der Waals surface area contributed by atoms with Crippen molar-refractivity contribution in [3.8, 4) is 39.1 Å².